The molecule has 0 spiro atoms. The highest BCUT2D eigenvalue weighted by atomic mass is 79.9. The Labute approximate surface area is 95.8 Å². The van der Waals surface area contributed by atoms with Crippen LogP contribution in [0.25, 0.3) is 0 Å². The van der Waals surface area contributed by atoms with E-state index in [1.165, 1.54) is 5.56 Å². The molecule has 0 aliphatic heterocycles. The molecule has 0 aliphatic rings. The minimum Gasteiger partial charge on any atom is -0.481 e. The first kappa shape index (κ1) is 11.6. The number of hydrogen-bond donors (Lipinski definition) is 1. The fourth-order valence-electron chi connectivity index (χ4n) is 0.976. The van der Waals surface area contributed by atoms with Gasteiger partial charge in [-0.15, -0.1) is 0 Å². The molecule has 4 heteroatoms. The molecule has 1 aromatic rings. The maximum atomic E-state index is 10.2. The number of aliphatic carboxylic acids is 1. The summed E-state index contributed by atoms with van der Waals surface area (Å²) in [7, 11) is 0. The van der Waals surface area contributed by atoms with Crippen LogP contribution in [0.3, 0.4) is 0 Å². The van der Waals surface area contributed by atoms with Crippen molar-refractivity contribution in [2.24, 2.45) is 0 Å². The lowest BCUT2D eigenvalue weighted by Gasteiger charge is -2.00. The van der Waals surface area contributed by atoms with Crippen LogP contribution in [0, 0.1) is 0 Å². The number of halogens is 1. The Hall–Kier alpha value is -0.480. The van der Waals surface area contributed by atoms with Gasteiger partial charge in [-0.05, 0) is 17.7 Å². The molecule has 0 heterocycles. The molecule has 76 valence electrons. The fraction of sp³-hybridized carbons (Fsp3) is 0.300. The van der Waals surface area contributed by atoms with E-state index in [0.717, 1.165) is 10.2 Å². The second-order valence-electron chi connectivity index (χ2n) is 2.83. The Balaban J connectivity index is 2.28. The van der Waals surface area contributed by atoms with Gasteiger partial charge in [-0.1, -0.05) is 28.1 Å². The molecule has 0 amide bonds. The number of rotatable bonds is 5. The van der Waals surface area contributed by atoms with Crippen molar-refractivity contribution in [1.82, 2.24) is 0 Å². The number of benzene rings is 1. The van der Waals surface area contributed by atoms with Crippen LogP contribution < -0.4 is 0 Å². The van der Waals surface area contributed by atoms with Gasteiger partial charge in [0.25, 0.3) is 0 Å². The molecule has 14 heavy (non-hydrogen) atoms. The molecule has 2 nitrogen and oxygen atoms in total. The van der Waals surface area contributed by atoms with Crippen molar-refractivity contribution in [3.05, 3.63) is 34.3 Å². The van der Waals surface area contributed by atoms with Gasteiger partial charge < -0.3 is 5.11 Å². The molecule has 1 N–H and O–H groups in total. The van der Waals surface area contributed by atoms with Gasteiger partial charge in [0, 0.05) is 16.0 Å². The molecule has 0 saturated heterocycles. The van der Waals surface area contributed by atoms with E-state index in [-0.39, 0.29) is 6.42 Å². The Bertz CT molecular complexity index is 315. The highest BCUT2D eigenvalue weighted by molar-refractivity contribution is 9.10. The topological polar surface area (TPSA) is 37.3 Å². The van der Waals surface area contributed by atoms with E-state index in [0.29, 0.717) is 5.75 Å². The average Bonchev–Trinajstić information content (AvgIpc) is 2.12. The summed E-state index contributed by atoms with van der Waals surface area (Å²) in [6.45, 7) is 0. The Morgan fingerprint density at radius 2 is 2.29 bits per heavy atom. The molecule has 1 rings (SSSR count). The minimum absolute atomic E-state index is 0.235. The van der Waals surface area contributed by atoms with Crippen LogP contribution in [0.5, 0.6) is 0 Å². The molecule has 0 atom stereocenters. The third kappa shape index (κ3) is 4.67. The van der Waals surface area contributed by atoms with E-state index in [9.17, 15) is 4.79 Å². The molecule has 0 aliphatic carbocycles. The van der Waals surface area contributed by atoms with E-state index < -0.39 is 5.97 Å². The first-order valence-electron chi connectivity index (χ1n) is 4.22. The SMILES string of the molecule is O=C(O)CCSCc1cccc(Br)c1. The molecule has 0 unspecified atom stereocenters. The Morgan fingerprint density at radius 1 is 1.50 bits per heavy atom. The van der Waals surface area contributed by atoms with Crippen molar-refractivity contribution >= 4 is 33.7 Å². The number of hydrogen-bond acceptors (Lipinski definition) is 2. The van der Waals surface area contributed by atoms with Crippen molar-refractivity contribution in [2.45, 2.75) is 12.2 Å². The van der Waals surface area contributed by atoms with Gasteiger partial charge in [-0.25, -0.2) is 0 Å². The van der Waals surface area contributed by atoms with Crippen molar-refractivity contribution < 1.29 is 9.90 Å². The summed E-state index contributed by atoms with van der Waals surface area (Å²) in [6, 6.07) is 8.05. The van der Waals surface area contributed by atoms with Crippen LogP contribution in [-0.4, -0.2) is 16.8 Å². The van der Waals surface area contributed by atoms with Gasteiger partial charge >= 0.3 is 5.97 Å². The maximum absolute atomic E-state index is 10.2. The predicted octanol–water partition coefficient (Wildman–Crippen LogP) is 3.16. The number of thioether (sulfide) groups is 1. The molecule has 0 fully saturated rings. The zero-order chi connectivity index (χ0) is 10.4. The summed E-state index contributed by atoms with van der Waals surface area (Å²) < 4.78 is 1.06. The highest BCUT2D eigenvalue weighted by Gasteiger charge is 1.98. The Morgan fingerprint density at radius 3 is 2.93 bits per heavy atom. The van der Waals surface area contributed by atoms with Crippen LogP contribution in [0.1, 0.15) is 12.0 Å². The van der Waals surface area contributed by atoms with Gasteiger partial charge in [0.2, 0.25) is 0 Å². The molecule has 0 radical (unpaired) electrons. The van der Waals surface area contributed by atoms with Gasteiger partial charge in [-0.3, -0.25) is 4.79 Å². The summed E-state index contributed by atoms with van der Waals surface area (Å²) in [6.07, 6.45) is 0.235. The lowest BCUT2D eigenvalue weighted by molar-refractivity contribution is -0.136. The summed E-state index contributed by atoms with van der Waals surface area (Å²) in [4.78, 5) is 10.2. The van der Waals surface area contributed by atoms with Crippen LogP contribution in [0.4, 0.5) is 0 Å². The molecule has 0 saturated carbocycles. The molecule has 1 aromatic carbocycles. The summed E-state index contributed by atoms with van der Waals surface area (Å²) in [5.41, 5.74) is 1.22. The third-order valence-electron chi connectivity index (χ3n) is 1.62. The van der Waals surface area contributed by atoms with Gasteiger partial charge in [0.1, 0.15) is 0 Å². The standard InChI is InChI=1S/C10H11BrO2S/c11-9-3-1-2-8(6-9)7-14-5-4-10(12)13/h1-3,6H,4-5,7H2,(H,12,13). The molecule has 0 bridgehead atoms. The highest BCUT2D eigenvalue weighted by Crippen LogP contribution is 2.17. The summed E-state index contributed by atoms with van der Waals surface area (Å²) >= 11 is 5.03. The van der Waals surface area contributed by atoms with Crippen LogP contribution >= 0.6 is 27.7 Å². The summed E-state index contributed by atoms with van der Waals surface area (Å²) in [5.74, 6) is 0.806. The number of carbonyl (C=O) groups is 1. The first-order valence-corrected chi connectivity index (χ1v) is 6.17. The Kier molecular flexibility index (Phi) is 5.04. The van der Waals surface area contributed by atoms with Crippen LogP contribution in [0.15, 0.2) is 28.7 Å². The third-order valence-corrected chi connectivity index (χ3v) is 3.14. The van der Waals surface area contributed by atoms with Crippen molar-refractivity contribution in [1.29, 1.82) is 0 Å². The van der Waals surface area contributed by atoms with Crippen LogP contribution in [-0.2, 0) is 10.5 Å². The van der Waals surface area contributed by atoms with Crippen molar-refractivity contribution in [2.75, 3.05) is 5.75 Å². The van der Waals surface area contributed by atoms with Crippen LogP contribution in [0.2, 0.25) is 0 Å². The van der Waals surface area contributed by atoms with Gasteiger partial charge in [0.05, 0.1) is 6.42 Å². The largest absolute Gasteiger partial charge is 0.481 e. The minimum atomic E-state index is -0.730. The molecular formula is C10H11BrO2S. The molecular weight excluding hydrogens is 264 g/mol. The number of carboxylic acids is 1. The van der Waals surface area contributed by atoms with E-state index >= 15 is 0 Å². The molecule has 0 aromatic heterocycles. The second-order valence-corrected chi connectivity index (χ2v) is 4.85. The monoisotopic (exact) mass is 274 g/mol. The second kappa shape index (κ2) is 6.09. The zero-order valence-electron chi connectivity index (χ0n) is 7.57. The van der Waals surface area contributed by atoms with Crippen molar-refractivity contribution in [3.63, 3.8) is 0 Å². The van der Waals surface area contributed by atoms with E-state index in [4.69, 9.17) is 5.11 Å². The normalized spacial score (nSPS) is 10.1. The zero-order valence-corrected chi connectivity index (χ0v) is 9.97. The number of carboxylic acid groups (broad SMARTS) is 1. The van der Waals surface area contributed by atoms with E-state index in [1.54, 1.807) is 11.8 Å². The smallest absolute Gasteiger partial charge is 0.304 e. The van der Waals surface area contributed by atoms with E-state index in [2.05, 4.69) is 15.9 Å². The fourth-order valence-corrected chi connectivity index (χ4v) is 2.30. The average molecular weight is 275 g/mol. The predicted molar refractivity (Wildman–Crippen MR) is 62.6 cm³/mol. The lowest BCUT2D eigenvalue weighted by atomic mass is 10.2. The maximum Gasteiger partial charge on any atom is 0.304 e. The van der Waals surface area contributed by atoms with E-state index in [1.807, 2.05) is 24.3 Å². The first-order chi connectivity index (χ1) is 6.68. The van der Waals surface area contributed by atoms with Gasteiger partial charge in [-0.2, -0.15) is 11.8 Å². The van der Waals surface area contributed by atoms with Gasteiger partial charge in [0.15, 0.2) is 0 Å². The van der Waals surface area contributed by atoms with Crippen molar-refractivity contribution in [3.8, 4) is 0 Å². The summed E-state index contributed by atoms with van der Waals surface area (Å²) in [5, 5.41) is 8.43. The quantitative estimate of drug-likeness (QED) is 0.839. The lowest BCUT2D eigenvalue weighted by Crippen LogP contribution is -1.96.